The molecule has 0 unspecified atom stereocenters. The van der Waals surface area contributed by atoms with Crippen molar-refractivity contribution in [3.8, 4) is 0 Å². The van der Waals surface area contributed by atoms with Crippen molar-refractivity contribution >= 4 is 21.7 Å². The maximum Gasteiger partial charge on any atom is 0.271 e. The molecule has 1 aromatic heterocycles. The Kier molecular flexibility index (Phi) is 4.95. The molecular formula is C8H14N6O3S. The Morgan fingerprint density at radius 3 is 2.78 bits per heavy atom. The first-order valence-corrected chi connectivity index (χ1v) is 6.62. The van der Waals surface area contributed by atoms with E-state index in [0.717, 1.165) is 0 Å². The molecule has 100 valence electrons. The number of hydrogen-bond donors (Lipinski definition) is 4. The van der Waals surface area contributed by atoms with Crippen LogP contribution in [0, 0.1) is 0 Å². The van der Waals surface area contributed by atoms with Gasteiger partial charge in [-0.05, 0) is 7.05 Å². The summed E-state index contributed by atoms with van der Waals surface area (Å²) in [4.78, 5) is 19.2. The van der Waals surface area contributed by atoms with Crippen LogP contribution < -0.4 is 21.3 Å². The van der Waals surface area contributed by atoms with E-state index in [1.165, 1.54) is 19.4 Å². The van der Waals surface area contributed by atoms with Crippen molar-refractivity contribution < 1.29 is 13.2 Å². The highest BCUT2D eigenvalue weighted by Crippen LogP contribution is 1.99. The van der Waals surface area contributed by atoms with E-state index in [-0.39, 0.29) is 23.8 Å². The average Bonchev–Trinajstić information content (AvgIpc) is 2.38. The van der Waals surface area contributed by atoms with Crippen molar-refractivity contribution in [3.63, 3.8) is 0 Å². The fourth-order valence-corrected chi connectivity index (χ4v) is 1.61. The standard InChI is InChI=1S/C8H14N6O3S/c1-10-18(16,17)3-2-12-8(15)6-4-11-5-7(13-6)14-9/h4-5,10H,2-3,9H2,1H3,(H,12,15)(H,13,14). The molecule has 0 radical (unpaired) electrons. The normalized spacial score (nSPS) is 11.0. The molecule has 9 nitrogen and oxygen atoms in total. The van der Waals surface area contributed by atoms with Crippen LogP contribution in [-0.2, 0) is 10.0 Å². The lowest BCUT2D eigenvalue weighted by atomic mass is 10.4. The second-order valence-corrected chi connectivity index (χ2v) is 5.26. The van der Waals surface area contributed by atoms with Crippen LogP contribution in [0.1, 0.15) is 10.5 Å². The van der Waals surface area contributed by atoms with Gasteiger partial charge in [0.2, 0.25) is 10.0 Å². The Bertz CT molecular complexity index is 517. The molecule has 0 aliphatic rings. The zero-order valence-corrected chi connectivity index (χ0v) is 10.5. The molecule has 1 heterocycles. The van der Waals surface area contributed by atoms with Crippen molar-refractivity contribution in [3.05, 3.63) is 18.1 Å². The number of nitrogen functional groups attached to an aromatic ring is 1. The molecule has 0 bridgehead atoms. The molecular weight excluding hydrogens is 260 g/mol. The Balaban J connectivity index is 2.55. The number of hydrazine groups is 1. The SMILES string of the molecule is CNS(=O)(=O)CCNC(=O)c1cncc(NN)n1. The van der Waals surface area contributed by atoms with Crippen LogP contribution in [0.2, 0.25) is 0 Å². The smallest absolute Gasteiger partial charge is 0.271 e. The molecule has 0 saturated carbocycles. The van der Waals surface area contributed by atoms with E-state index in [1.54, 1.807) is 0 Å². The Hall–Kier alpha value is -1.78. The van der Waals surface area contributed by atoms with Crippen molar-refractivity contribution in [1.29, 1.82) is 0 Å². The number of carbonyl (C=O) groups is 1. The molecule has 5 N–H and O–H groups in total. The van der Waals surface area contributed by atoms with Crippen LogP contribution in [0.5, 0.6) is 0 Å². The maximum atomic E-state index is 11.6. The monoisotopic (exact) mass is 274 g/mol. The maximum absolute atomic E-state index is 11.6. The summed E-state index contributed by atoms with van der Waals surface area (Å²) in [5.74, 6) is 4.63. The third-order valence-electron chi connectivity index (χ3n) is 1.98. The fourth-order valence-electron chi connectivity index (χ4n) is 1.04. The van der Waals surface area contributed by atoms with Gasteiger partial charge in [0.1, 0.15) is 5.69 Å². The largest absolute Gasteiger partial charge is 0.350 e. The zero-order valence-electron chi connectivity index (χ0n) is 9.67. The van der Waals surface area contributed by atoms with E-state index in [4.69, 9.17) is 5.84 Å². The lowest BCUT2D eigenvalue weighted by Gasteiger charge is -2.05. The Labute approximate surface area is 104 Å². The van der Waals surface area contributed by atoms with E-state index in [2.05, 4.69) is 25.4 Å². The predicted molar refractivity (Wildman–Crippen MR) is 65.0 cm³/mol. The molecule has 10 heteroatoms. The van der Waals surface area contributed by atoms with Gasteiger partial charge >= 0.3 is 0 Å². The number of nitrogens with two attached hydrogens (primary N) is 1. The summed E-state index contributed by atoms with van der Waals surface area (Å²) in [7, 11) is -2.04. The highest BCUT2D eigenvalue weighted by atomic mass is 32.2. The third-order valence-corrected chi connectivity index (χ3v) is 3.35. The number of rotatable bonds is 6. The summed E-state index contributed by atoms with van der Waals surface area (Å²) in [6.45, 7) is -0.0238. The number of nitrogens with one attached hydrogen (secondary N) is 3. The minimum absolute atomic E-state index is 0.0238. The van der Waals surface area contributed by atoms with Crippen molar-refractivity contribution in [2.24, 2.45) is 5.84 Å². The fraction of sp³-hybridized carbons (Fsp3) is 0.375. The number of aromatic nitrogens is 2. The van der Waals surface area contributed by atoms with E-state index >= 15 is 0 Å². The molecule has 0 aromatic carbocycles. The molecule has 0 fully saturated rings. The molecule has 0 saturated heterocycles. The number of amides is 1. The molecule has 18 heavy (non-hydrogen) atoms. The first-order chi connectivity index (χ1) is 8.48. The second-order valence-electron chi connectivity index (χ2n) is 3.21. The van der Waals surface area contributed by atoms with Gasteiger partial charge < -0.3 is 10.7 Å². The van der Waals surface area contributed by atoms with Crippen LogP contribution >= 0.6 is 0 Å². The van der Waals surface area contributed by atoms with Crippen LogP contribution in [0.4, 0.5) is 5.82 Å². The van der Waals surface area contributed by atoms with Gasteiger partial charge in [0, 0.05) is 6.54 Å². The molecule has 1 amide bonds. The lowest BCUT2D eigenvalue weighted by Crippen LogP contribution is -2.33. The van der Waals surface area contributed by atoms with Gasteiger partial charge in [-0.3, -0.25) is 9.78 Å². The highest BCUT2D eigenvalue weighted by molar-refractivity contribution is 7.89. The van der Waals surface area contributed by atoms with Gasteiger partial charge in [-0.15, -0.1) is 0 Å². The predicted octanol–water partition coefficient (Wildman–Crippen LogP) is -1.96. The summed E-state index contributed by atoms with van der Waals surface area (Å²) >= 11 is 0. The van der Waals surface area contributed by atoms with Gasteiger partial charge in [-0.1, -0.05) is 0 Å². The second kappa shape index (κ2) is 6.23. The number of nitrogens with zero attached hydrogens (tertiary/aromatic N) is 2. The highest BCUT2D eigenvalue weighted by Gasteiger charge is 2.11. The zero-order chi connectivity index (χ0) is 13.6. The summed E-state index contributed by atoms with van der Waals surface area (Å²) in [5.41, 5.74) is 2.30. The van der Waals surface area contributed by atoms with Gasteiger partial charge in [0.25, 0.3) is 5.91 Å². The number of anilines is 1. The van der Waals surface area contributed by atoms with Gasteiger partial charge in [-0.2, -0.15) is 0 Å². The van der Waals surface area contributed by atoms with E-state index in [9.17, 15) is 13.2 Å². The first-order valence-electron chi connectivity index (χ1n) is 4.96. The molecule has 0 aliphatic carbocycles. The van der Waals surface area contributed by atoms with Gasteiger partial charge in [-0.25, -0.2) is 24.0 Å². The average molecular weight is 274 g/mol. The molecule has 0 spiro atoms. The summed E-state index contributed by atoms with van der Waals surface area (Å²) in [6.07, 6.45) is 2.60. The van der Waals surface area contributed by atoms with E-state index < -0.39 is 15.9 Å². The molecule has 1 aromatic rings. The minimum Gasteiger partial charge on any atom is -0.350 e. The van der Waals surface area contributed by atoms with Crippen LogP contribution in [0.15, 0.2) is 12.4 Å². The van der Waals surface area contributed by atoms with Gasteiger partial charge in [0.15, 0.2) is 5.82 Å². The molecule has 1 rings (SSSR count). The van der Waals surface area contributed by atoms with Crippen molar-refractivity contribution in [1.82, 2.24) is 20.0 Å². The van der Waals surface area contributed by atoms with Gasteiger partial charge in [0.05, 0.1) is 18.1 Å². The summed E-state index contributed by atoms with van der Waals surface area (Å²) in [5, 5.41) is 2.41. The van der Waals surface area contributed by atoms with Crippen molar-refractivity contribution in [2.45, 2.75) is 0 Å². The Morgan fingerprint density at radius 2 is 2.17 bits per heavy atom. The summed E-state index contributed by atoms with van der Waals surface area (Å²) < 4.78 is 24.3. The third kappa shape index (κ3) is 4.24. The summed E-state index contributed by atoms with van der Waals surface area (Å²) in [6, 6.07) is 0. The van der Waals surface area contributed by atoms with Crippen LogP contribution in [0.3, 0.4) is 0 Å². The van der Waals surface area contributed by atoms with Crippen molar-refractivity contribution in [2.75, 3.05) is 24.8 Å². The minimum atomic E-state index is -3.34. The topological polar surface area (TPSA) is 139 Å². The van der Waals surface area contributed by atoms with E-state index in [1.807, 2.05) is 0 Å². The van der Waals surface area contributed by atoms with E-state index in [0.29, 0.717) is 0 Å². The van der Waals surface area contributed by atoms with Crippen LogP contribution in [0.25, 0.3) is 0 Å². The quantitative estimate of drug-likeness (QED) is 0.349. The van der Waals surface area contributed by atoms with Crippen LogP contribution in [-0.4, -0.2) is 43.6 Å². The molecule has 0 aliphatic heterocycles. The number of hydrogen-bond acceptors (Lipinski definition) is 7. The number of carbonyl (C=O) groups excluding carboxylic acids is 1. The lowest BCUT2D eigenvalue weighted by molar-refractivity contribution is 0.0951. The Morgan fingerprint density at radius 1 is 1.44 bits per heavy atom. The number of sulfonamides is 1. The first kappa shape index (κ1) is 14.3. The molecule has 0 atom stereocenters.